The van der Waals surface area contributed by atoms with Crippen LogP contribution in [0.5, 0.6) is 0 Å². The van der Waals surface area contributed by atoms with Crippen molar-refractivity contribution in [2.75, 3.05) is 11.9 Å². The first-order chi connectivity index (χ1) is 16.5. The number of nitrogens with one attached hydrogen (secondary N) is 3. The molecule has 0 aliphatic carbocycles. The molecule has 0 radical (unpaired) electrons. The van der Waals surface area contributed by atoms with E-state index in [9.17, 15) is 14.4 Å². The second-order valence-corrected chi connectivity index (χ2v) is 7.39. The second kappa shape index (κ2) is 12.6. The van der Waals surface area contributed by atoms with E-state index >= 15 is 0 Å². The van der Waals surface area contributed by atoms with Crippen molar-refractivity contribution in [2.24, 2.45) is 0 Å². The molecule has 0 spiro atoms. The SMILES string of the molecule is CCOC(=O)/C=C/c1cccc(CNC(=O)c2cccc(NC(=O)NCc3ccccc3)c2)c1. The molecule has 0 unspecified atom stereocenters. The fourth-order valence-corrected chi connectivity index (χ4v) is 3.14. The minimum atomic E-state index is -0.400. The molecule has 174 valence electrons. The van der Waals surface area contributed by atoms with Gasteiger partial charge >= 0.3 is 12.0 Å². The van der Waals surface area contributed by atoms with E-state index in [4.69, 9.17) is 4.74 Å². The number of anilines is 1. The fourth-order valence-electron chi connectivity index (χ4n) is 3.14. The predicted octanol–water partition coefficient (Wildman–Crippen LogP) is 4.51. The highest BCUT2D eigenvalue weighted by Gasteiger charge is 2.08. The number of hydrogen-bond donors (Lipinski definition) is 3. The second-order valence-electron chi connectivity index (χ2n) is 7.39. The van der Waals surface area contributed by atoms with Gasteiger partial charge in [0, 0.05) is 30.4 Å². The summed E-state index contributed by atoms with van der Waals surface area (Å²) < 4.78 is 4.88. The molecule has 0 aliphatic rings. The molecule has 3 aromatic carbocycles. The molecular formula is C27H27N3O4. The molecule has 0 saturated carbocycles. The Morgan fingerprint density at radius 2 is 1.56 bits per heavy atom. The lowest BCUT2D eigenvalue weighted by Crippen LogP contribution is -2.28. The van der Waals surface area contributed by atoms with Crippen LogP contribution in [0.15, 0.2) is 84.9 Å². The van der Waals surface area contributed by atoms with Crippen molar-refractivity contribution in [1.82, 2.24) is 10.6 Å². The molecule has 0 saturated heterocycles. The Balaban J connectivity index is 1.52. The fraction of sp³-hybridized carbons (Fsp3) is 0.148. The molecule has 0 fully saturated rings. The van der Waals surface area contributed by atoms with E-state index in [0.29, 0.717) is 30.9 Å². The number of benzene rings is 3. The van der Waals surface area contributed by atoms with Gasteiger partial charge in [-0.05, 0) is 54.0 Å². The smallest absolute Gasteiger partial charge is 0.330 e. The first-order valence-corrected chi connectivity index (χ1v) is 10.9. The molecule has 0 aliphatic heterocycles. The van der Waals surface area contributed by atoms with Crippen molar-refractivity contribution in [2.45, 2.75) is 20.0 Å². The zero-order chi connectivity index (χ0) is 24.2. The van der Waals surface area contributed by atoms with Crippen molar-refractivity contribution in [3.63, 3.8) is 0 Å². The quantitative estimate of drug-likeness (QED) is 0.325. The van der Waals surface area contributed by atoms with Crippen LogP contribution in [0.4, 0.5) is 10.5 Å². The topological polar surface area (TPSA) is 96.5 Å². The summed E-state index contributed by atoms with van der Waals surface area (Å²) in [6, 6.07) is 23.5. The molecule has 0 atom stereocenters. The Hall–Kier alpha value is -4.39. The Labute approximate surface area is 198 Å². The van der Waals surface area contributed by atoms with Crippen molar-refractivity contribution in [3.8, 4) is 0 Å². The van der Waals surface area contributed by atoms with Crippen LogP contribution in [0.1, 0.15) is 34.0 Å². The summed E-state index contributed by atoms with van der Waals surface area (Å²) >= 11 is 0. The number of hydrogen-bond acceptors (Lipinski definition) is 4. The summed E-state index contributed by atoms with van der Waals surface area (Å²) in [4.78, 5) is 36.3. The van der Waals surface area contributed by atoms with E-state index in [-0.39, 0.29) is 11.9 Å². The van der Waals surface area contributed by atoms with Gasteiger partial charge in [-0.3, -0.25) is 4.79 Å². The zero-order valence-corrected chi connectivity index (χ0v) is 18.9. The lowest BCUT2D eigenvalue weighted by atomic mass is 10.1. The molecule has 7 heteroatoms. The Morgan fingerprint density at radius 1 is 0.824 bits per heavy atom. The van der Waals surface area contributed by atoms with Crippen molar-refractivity contribution in [1.29, 1.82) is 0 Å². The summed E-state index contributed by atoms with van der Waals surface area (Å²) in [5, 5.41) is 8.40. The van der Waals surface area contributed by atoms with Crippen LogP contribution in [0.3, 0.4) is 0 Å². The van der Waals surface area contributed by atoms with Gasteiger partial charge in [-0.2, -0.15) is 0 Å². The van der Waals surface area contributed by atoms with Gasteiger partial charge < -0.3 is 20.7 Å². The molecule has 34 heavy (non-hydrogen) atoms. The normalized spacial score (nSPS) is 10.5. The summed E-state index contributed by atoms with van der Waals surface area (Å²) in [5.41, 5.74) is 3.65. The Kier molecular flexibility index (Phi) is 8.99. The summed E-state index contributed by atoms with van der Waals surface area (Å²) in [7, 11) is 0. The maximum absolute atomic E-state index is 12.6. The summed E-state index contributed by atoms with van der Waals surface area (Å²) in [6.45, 7) is 2.79. The molecule has 3 amide bonds. The number of amides is 3. The standard InChI is InChI=1S/C27H27N3O4/c1-2-34-25(31)15-14-20-10-6-11-22(16-20)19-28-26(32)23-12-7-13-24(17-23)30-27(33)29-18-21-8-4-3-5-9-21/h3-17H,2,18-19H2,1H3,(H,28,32)(H2,29,30,33)/b15-14+. The van der Waals surface area contributed by atoms with Gasteiger partial charge in [-0.1, -0.05) is 54.6 Å². The van der Waals surface area contributed by atoms with Gasteiger partial charge in [0.1, 0.15) is 0 Å². The van der Waals surface area contributed by atoms with Crippen molar-refractivity contribution >= 4 is 29.7 Å². The molecule has 7 nitrogen and oxygen atoms in total. The maximum Gasteiger partial charge on any atom is 0.330 e. The molecule has 3 aromatic rings. The summed E-state index contributed by atoms with van der Waals surface area (Å²) in [5.74, 6) is -0.663. The largest absolute Gasteiger partial charge is 0.463 e. The minimum Gasteiger partial charge on any atom is -0.463 e. The molecule has 0 heterocycles. The van der Waals surface area contributed by atoms with Crippen LogP contribution in [0, 0.1) is 0 Å². The van der Waals surface area contributed by atoms with Crippen LogP contribution < -0.4 is 16.0 Å². The monoisotopic (exact) mass is 457 g/mol. The van der Waals surface area contributed by atoms with Crippen LogP contribution in [-0.2, 0) is 22.6 Å². The van der Waals surface area contributed by atoms with Crippen LogP contribution in [0.25, 0.3) is 6.08 Å². The van der Waals surface area contributed by atoms with Gasteiger partial charge in [-0.25, -0.2) is 9.59 Å². The van der Waals surface area contributed by atoms with Crippen LogP contribution >= 0.6 is 0 Å². The highest BCUT2D eigenvalue weighted by Crippen LogP contribution is 2.12. The Bertz CT molecular complexity index is 1160. The third-order valence-electron chi connectivity index (χ3n) is 4.78. The highest BCUT2D eigenvalue weighted by atomic mass is 16.5. The molecular weight excluding hydrogens is 430 g/mol. The number of urea groups is 1. The highest BCUT2D eigenvalue weighted by molar-refractivity contribution is 5.96. The van der Waals surface area contributed by atoms with Gasteiger partial charge in [0.05, 0.1) is 6.61 Å². The molecule has 0 bridgehead atoms. The lowest BCUT2D eigenvalue weighted by Gasteiger charge is -2.10. The predicted molar refractivity (Wildman–Crippen MR) is 132 cm³/mol. The average molecular weight is 458 g/mol. The first kappa shape index (κ1) is 24.3. The van der Waals surface area contributed by atoms with E-state index in [2.05, 4.69) is 16.0 Å². The van der Waals surface area contributed by atoms with E-state index in [1.165, 1.54) is 6.08 Å². The number of rotatable bonds is 9. The molecule has 0 aromatic heterocycles. The van der Waals surface area contributed by atoms with Crippen LogP contribution in [0.2, 0.25) is 0 Å². The van der Waals surface area contributed by atoms with Crippen molar-refractivity contribution < 1.29 is 19.1 Å². The minimum absolute atomic E-state index is 0.263. The third-order valence-corrected chi connectivity index (χ3v) is 4.78. The van der Waals surface area contributed by atoms with Gasteiger partial charge in [0.2, 0.25) is 0 Å². The zero-order valence-electron chi connectivity index (χ0n) is 18.9. The molecule has 3 rings (SSSR count). The summed E-state index contributed by atoms with van der Waals surface area (Å²) in [6.07, 6.45) is 3.04. The number of ether oxygens (including phenoxy) is 1. The van der Waals surface area contributed by atoms with Gasteiger partial charge in [0.15, 0.2) is 0 Å². The first-order valence-electron chi connectivity index (χ1n) is 10.9. The lowest BCUT2D eigenvalue weighted by molar-refractivity contribution is -0.137. The number of carbonyl (C=O) groups excluding carboxylic acids is 3. The van der Waals surface area contributed by atoms with Crippen molar-refractivity contribution in [3.05, 3.63) is 107 Å². The number of carbonyl (C=O) groups is 3. The molecule has 3 N–H and O–H groups in total. The van der Waals surface area contributed by atoms with Gasteiger partial charge in [-0.15, -0.1) is 0 Å². The van der Waals surface area contributed by atoms with E-state index in [1.807, 2.05) is 54.6 Å². The number of esters is 1. The van der Waals surface area contributed by atoms with Crippen LogP contribution in [-0.4, -0.2) is 24.5 Å². The van der Waals surface area contributed by atoms with Gasteiger partial charge in [0.25, 0.3) is 5.91 Å². The maximum atomic E-state index is 12.6. The Morgan fingerprint density at radius 3 is 2.35 bits per heavy atom. The van der Waals surface area contributed by atoms with E-state index in [0.717, 1.165) is 16.7 Å². The van der Waals surface area contributed by atoms with E-state index in [1.54, 1.807) is 37.3 Å². The van der Waals surface area contributed by atoms with E-state index < -0.39 is 5.97 Å². The average Bonchev–Trinajstić information content (AvgIpc) is 2.86. The third kappa shape index (κ3) is 7.94.